The minimum atomic E-state index is 0.370. The van der Waals surface area contributed by atoms with Crippen molar-refractivity contribution in [3.8, 4) is 11.6 Å². The van der Waals surface area contributed by atoms with Crippen molar-refractivity contribution in [2.75, 3.05) is 0 Å². The summed E-state index contributed by atoms with van der Waals surface area (Å²) in [6.07, 6.45) is 0. The molecule has 0 atom stereocenters. The Bertz CT molecular complexity index is 579. The van der Waals surface area contributed by atoms with Gasteiger partial charge in [0.25, 0.3) is 0 Å². The van der Waals surface area contributed by atoms with Crippen molar-refractivity contribution < 1.29 is 4.74 Å². The van der Waals surface area contributed by atoms with E-state index in [-0.39, 0.29) is 0 Å². The van der Waals surface area contributed by atoms with Crippen molar-refractivity contribution in [2.24, 2.45) is 7.05 Å². The summed E-state index contributed by atoms with van der Waals surface area (Å²) in [5.41, 5.74) is 2.79. The summed E-state index contributed by atoms with van der Waals surface area (Å²) in [5, 5.41) is 4.95. The van der Waals surface area contributed by atoms with Crippen LogP contribution in [0, 0.1) is 13.8 Å². The van der Waals surface area contributed by atoms with E-state index in [0.29, 0.717) is 16.8 Å². The van der Waals surface area contributed by atoms with Gasteiger partial charge in [-0.05, 0) is 31.5 Å². The van der Waals surface area contributed by atoms with Gasteiger partial charge in [-0.15, -0.1) is 11.6 Å². The molecule has 96 valence electrons. The molecule has 0 bridgehead atoms. The fourth-order valence-corrected chi connectivity index (χ4v) is 2.22. The van der Waals surface area contributed by atoms with E-state index in [1.54, 1.807) is 10.7 Å². The number of aryl methyl sites for hydroxylation is 3. The van der Waals surface area contributed by atoms with Crippen molar-refractivity contribution in [3.63, 3.8) is 0 Å². The highest BCUT2D eigenvalue weighted by atomic mass is 35.5. The van der Waals surface area contributed by atoms with E-state index in [1.165, 1.54) is 0 Å². The Hall–Kier alpha value is -1.19. The normalized spacial score (nSPS) is 10.7. The number of aromatic nitrogens is 2. The molecule has 0 saturated heterocycles. The van der Waals surface area contributed by atoms with Gasteiger partial charge in [0, 0.05) is 12.1 Å². The summed E-state index contributed by atoms with van der Waals surface area (Å²) in [7, 11) is 1.83. The summed E-state index contributed by atoms with van der Waals surface area (Å²) in [5.74, 6) is 1.75. The largest absolute Gasteiger partial charge is 0.439 e. The van der Waals surface area contributed by atoms with E-state index in [4.69, 9.17) is 27.9 Å². The lowest BCUT2D eigenvalue weighted by Gasteiger charge is -2.10. The highest BCUT2D eigenvalue weighted by Gasteiger charge is 2.15. The molecule has 0 aliphatic heterocycles. The first-order chi connectivity index (χ1) is 8.52. The van der Waals surface area contributed by atoms with Gasteiger partial charge in [0.1, 0.15) is 5.75 Å². The first-order valence-corrected chi connectivity index (χ1v) is 6.46. The molecule has 0 spiro atoms. The molecule has 0 aliphatic carbocycles. The predicted octanol–water partition coefficient (Wildman–Crippen LogP) is 4.22. The Labute approximate surface area is 116 Å². The maximum Gasteiger partial charge on any atom is 0.222 e. The topological polar surface area (TPSA) is 27.1 Å². The Morgan fingerprint density at radius 3 is 2.72 bits per heavy atom. The second-order valence-corrected chi connectivity index (χ2v) is 4.84. The van der Waals surface area contributed by atoms with Crippen molar-refractivity contribution in [1.29, 1.82) is 0 Å². The Morgan fingerprint density at radius 1 is 1.33 bits per heavy atom. The van der Waals surface area contributed by atoms with E-state index >= 15 is 0 Å². The molecular formula is C13H14Cl2N2O. The number of hydrogen-bond acceptors (Lipinski definition) is 2. The summed E-state index contributed by atoms with van der Waals surface area (Å²) in [4.78, 5) is 0. The van der Waals surface area contributed by atoms with Gasteiger partial charge in [-0.1, -0.05) is 17.7 Å². The SMILES string of the molecule is Cc1ccc(Cl)cc1Oc1c(CCl)c(C)nn1C. The van der Waals surface area contributed by atoms with Crippen molar-refractivity contribution >= 4 is 23.2 Å². The number of alkyl halides is 1. The van der Waals surface area contributed by atoms with Crippen LogP contribution in [0.15, 0.2) is 18.2 Å². The van der Waals surface area contributed by atoms with Crippen molar-refractivity contribution in [1.82, 2.24) is 9.78 Å². The van der Waals surface area contributed by atoms with Gasteiger partial charge < -0.3 is 4.74 Å². The molecule has 3 nitrogen and oxygen atoms in total. The first kappa shape index (κ1) is 13.2. The van der Waals surface area contributed by atoms with E-state index in [2.05, 4.69) is 5.10 Å². The average molecular weight is 285 g/mol. The number of benzene rings is 1. The number of rotatable bonds is 3. The molecule has 1 aromatic carbocycles. The summed E-state index contributed by atoms with van der Waals surface area (Å²) in [6.45, 7) is 3.88. The van der Waals surface area contributed by atoms with Crippen LogP contribution in [-0.2, 0) is 12.9 Å². The molecule has 0 saturated carbocycles. The van der Waals surface area contributed by atoms with Crippen LogP contribution in [-0.4, -0.2) is 9.78 Å². The molecule has 0 fully saturated rings. The standard InChI is InChI=1S/C13H14Cl2N2O/c1-8-4-5-10(15)6-12(8)18-13-11(7-14)9(2)16-17(13)3/h4-6H,7H2,1-3H3. The maximum atomic E-state index is 5.97. The van der Waals surface area contributed by atoms with Crippen molar-refractivity contribution in [2.45, 2.75) is 19.7 Å². The minimum absolute atomic E-state index is 0.370. The van der Waals surface area contributed by atoms with Gasteiger partial charge >= 0.3 is 0 Å². The zero-order valence-electron chi connectivity index (χ0n) is 10.5. The first-order valence-electron chi connectivity index (χ1n) is 5.55. The summed E-state index contributed by atoms with van der Waals surface area (Å²) >= 11 is 11.9. The predicted molar refractivity (Wildman–Crippen MR) is 73.8 cm³/mol. The Kier molecular flexibility index (Phi) is 3.83. The second kappa shape index (κ2) is 5.21. The zero-order chi connectivity index (χ0) is 13.3. The van der Waals surface area contributed by atoms with Gasteiger partial charge in [0.05, 0.1) is 17.1 Å². The van der Waals surface area contributed by atoms with Crippen LogP contribution in [0.3, 0.4) is 0 Å². The number of hydrogen-bond donors (Lipinski definition) is 0. The Balaban J connectivity index is 2.42. The van der Waals surface area contributed by atoms with Crippen LogP contribution in [0.5, 0.6) is 11.6 Å². The van der Waals surface area contributed by atoms with Crippen LogP contribution in [0.1, 0.15) is 16.8 Å². The molecule has 1 aromatic heterocycles. The van der Waals surface area contributed by atoms with Gasteiger partial charge in [0.15, 0.2) is 0 Å². The molecular weight excluding hydrogens is 271 g/mol. The molecule has 5 heteroatoms. The monoisotopic (exact) mass is 284 g/mol. The molecule has 0 unspecified atom stereocenters. The summed E-state index contributed by atoms with van der Waals surface area (Å²) < 4.78 is 7.58. The quantitative estimate of drug-likeness (QED) is 0.789. The molecule has 18 heavy (non-hydrogen) atoms. The fraction of sp³-hybridized carbons (Fsp3) is 0.308. The second-order valence-electron chi connectivity index (χ2n) is 4.14. The third kappa shape index (κ3) is 2.47. The lowest BCUT2D eigenvalue weighted by atomic mass is 10.2. The van der Waals surface area contributed by atoms with Gasteiger partial charge in [-0.25, -0.2) is 4.68 Å². The van der Waals surface area contributed by atoms with E-state index in [9.17, 15) is 0 Å². The number of nitrogens with zero attached hydrogens (tertiary/aromatic N) is 2. The molecule has 0 amide bonds. The average Bonchev–Trinajstić information content (AvgIpc) is 2.58. The van der Waals surface area contributed by atoms with Crippen molar-refractivity contribution in [3.05, 3.63) is 40.0 Å². The maximum absolute atomic E-state index is 5.97. The third-order valence-corrected chi connectivity index (χ3v) is 3.28. The smallest absolute Gasteiger partial charge is 0.222 e. The molecule has 2 rings (SSSR count). The lowest BCUT2D eigenvalue weighted by Crippen LogP contribution is -1.97. The molecule has 1 heterocycles. The lowest BCUT2D eigenvalue weighted by molar-refractivity contribution is 0.424. The van der Waals surface area contributed by atoms with Crippen LogP contribution < -0.4 is 4.74 Å². The third-order valence-electron chi connectivity index (χ3n) is 2.78. The highest BCUT2D eigenvalue weighted by Crippen LogP contribution is 2.31. The van der Waals surface area contributed by atoms with E-state index in [1.807, 2.05) is 33.0 Å². The van der Waals surface area contributed by atoms with Gasteiger partial charge in [-0.2, -0.15) is 5.10 Å². The number of halogens is 2. The van der Waals surface area contributed by atoms with Gasteiger partial charge in [-0.3, -0.25) is 0 Å². The molecule has 0 radical (unpaired) electrons. The highest BCUT2D eigenvalue weighted by molar-refractivity contribution is 6.30. The van der Waals surface area contributed by atoms with Crippen LogP contribution in [0.25, 0.3) is 0 Å². The van der Waals surface area contributed by atoms with Crippen LogP contribution >= 0.6 is 23.2 Å². The van der Waals surface area contributed by atoms with Gasteiger partial charge in [0.2, 0.25) is 5.88 Å². The zero-order valence-corrected chi connectivity index (χ0v) is 12.0. The fourth-order valence-electron chi connectivity index (χ4n) is 1.75. The summed E-state index contributed by atoms with van der Waals surface area (Å²) in [6, 6.07) is 5.54. The molecule has 0 N–H and O–H groups in total. The van der Waals surface area contributed by atoms with Crippen LogP contribution in [0.2, 0.25) is 5.02 Å². The molecule has 0 aliphatic rings. The van der Waals surface area contributed by atoms with E-state index in [0.717, 1.165) is 22.6 Å². The number of ether oxygens (including phenoxy) is 1. The molecule has 2 aromatic rings. The van der Waals surface area contributed by atoms with E-state index < -0.39 is 0 Å². The van der Waals surface area contributed by atoms with Crippen LogP contribution in [0.4, 0.5) is 0 Å². The Morgan fingerprint density at radius 2 is 2.06 bits per heavy atom. The minimum Gasteiger partial charge on any atom is -0.439 e.